The maximum atomic E-state index is 4.17. The van der Waals surface area contributed by atoms with Crippen LogP contribution in [0.1, 0.15) is 22.5 Å². The fourth-order valence-electron chi connectivity index (χ4n) is 1.56. The van der Waals surface area contributed by atoms with Crippen LogP contribution in [0.5, 0.6) is 0 Å². The van der Waals surface area contributed by atoms with Gasteiger partial charge < -0.3 is 5.32 Å². The quantitative estimate of drug-likeness (QED) is 0.832. The van der Waals surface area contributed by atoms with Crippen molar-refractivity contribution in [2.75, 3.05) is 0 Å². The van der Waals surface area contributed by atoms with Crippen molar-refractivity contribution < 1.29 is 0 Å². The summed E-state index contributed by atoms with van der Waals surface area (Å²) in [6.45, 7) is 5.89. The lowest BCUT2D eigenvalue weighted by Gasteiger charge is -2.03. The van der Waals surface area contributed by atoms with Crippen LogP contribution in [0.15, 0.2) is 16.8 Å². The summed E-state index contributed by atoms with van der Waals surface area (Å²) in [5.41, 5.74) is 4.87. The van der Waals surface area contributed by atoms with E-state index in [1.54, 1.807) is 11.3 Å². The van der Waals surface area contributed by atoms with Crippen LogP contribution in [0.25, 0.3) is 0 Å². The van der Waals surface area contributed by atoms with Gasteiger partial charge in [-0.25, -0.2) is 0 Å². The molecule has 80 valence electrons. The van der Waals surface area contributed by atoms with E-state index in [1.165, 1.54) is 11.1 Å². The smallest absolute Gasteiger partial charge is 0.0638 e. The van der Waals surface area contributed by atoms with Crippen LogP contribution in [0.3, 0.4) is 0 Å². The lowest BCUT2D eigenvalue weighted by atomic mass is 10.2. The zero-order valence-electron chi connectivity index (χ0n) is 9.00. The molecule has 2 rings (SSSR count). The monoisotopic (exact) mass is 221 g/mol. The number of hydrogen-bond donors (Lipinski definition) is 2. The van der Waals surface area contributed by atoms with Crippen LogP contribution in [0.2, 0.25) is 0 Å². The average molecular weight is 221 g/mol. The fraction of sp³-hybridized carbons (Fsp3) is 0.364. The van der Waals surface area contributed by atoms with Gasteiger partial charge in [0, 0.05) is 24.3 Å². The van der Waals surface area contributed by atoms with E-state index in [4.69, 9.17) is 0 Å². The molecule has 0 amide bonds. The van der Waals surface area contributed by atoms with Gasteiger partial charge in [0.25, 0.3) is 0 Å². The summed E-state index contributed by atoms with van der Waals surface area (Å²) in [4.78, 5) is 0. The molecule has 0 bridgehead atoms. The van der Waals surface area contributed by atoms with Crippen LogP contribution in [0.4, 0.5) is 0 Å². The standard InChI is InChI=1S/C11H15N3S/c1-8-11(9(2)14-13-8)6-12-5-10-3-4-15-7-10/h3-4,7,12H,5-6H2,1-2H3,(H,13,14). The molecule has 2 aromatic rings. The molecule has 0 saturated carbocycles. The molecular weight excluding hydrogens is 206 g/mol. The summed E-state index contributed by atoms with van der Waals surface area (Å²) in [6, 6.07) is 2.15. The molecule has 0 aromatic carbocycles. The zero-order valence-corrected chi connectivity index (χ0v) is 9.82. The minimum absolute atomic E-state index is 0.879. The van der Waals surface area contributed by atoms with Crippen molar-refractivity contribution in [1.29, 1.82) is 0 Å². The SMILES string of the molecule is Cc1n[nH]c(C)c1CNCc1ccsc1. The Balaban J connectivity index is 1.89. The molecule has 2 heterocycles. The van der Waals surface area contributed by atoms with Crippen LogP contribution in [-0.4, -0.2) is 10.2 Å². The average Bonchev–Trinajstić information content (AvgIpc) is 2.82. The topological polar surface area (TPSA) is 40.7 Å². The Labute approximate surface area is 93.5 Å². The number of rotatable bonds is 4. The highest BCUT2D eigenvalue weighted by molar-refractivity contribution is 7.07. The molecule has 0 aliphatic rings. The second-order valence-electron chi connectivity index (χ2n) is 3.65. The molecule has 0 spiro atoms. The van der Waals surface area contributed by atoms with Crippen molar-refractivity contribution >= 4 is 11.3 Å². The minimum atomic E-state index is 0.879. The first-order valence-corrected chi connectivity index (χ1v) is 5.94. The molecule has 2 aromatic heterocycles. The van der Waals surface area contributed by atoms with Gasteiger partial charge in [0.2, 0.25) is 0 Å². The molecule has 2 N–H and O–H groups in total. The van der Waals surface area contributed by atoms with Crippen molar-refractivity contribution in [2.45, 2.75) is 26.9 Å². The third-order valence-corrected chi connectivity index (χ3v) is 3.22. The number of nitrogens with zero attached hydrogens (tertiary/aromatic N) is 1. The van der Waals surface area contributed by atoms with Crippen molar-refractivity contribution in [1.82, 2.24) is 15.5 Å². The van der Waals surface area contributed by atoms with Crippen LogP contribution >= 0.6 is 11.3 Å². The van der Waals surface area contributed by atoms with E-state index in [0.717, 1.165) is 24.5 Å². The lowest BCUT2D eigenvalue weighted by Crippen LogP contribution is -2.13. The summed E-state index contributed by atoms with van der Waals surface area (Å²) in [6.07, 6.45) is 0. The van der Waals surface area contributed by atoms with E-state index < -0.39 is 0 Å². The zero-order chi connectivity index (χ0) is 10.7. The van der Waals surface area contributed by atoms with Gasteiger partial charge in [-0.2, -0.15) is 16.4 Å². The van der Waals surface area contributed by atoms with Gasteiger partial charge in [0.05, 0.1) is 5.69 Å². The number of H-pyrrole nitrogens is 1. The van der Waals surface area contributed by atoms with Gasteiger partial charge in [-0.3, -0.25) is 5.10 Å². The summed E-state index contributed by atoms with van der Waals surface area (Å²) in [5, 5.41) is 14.9. The first-order chi connectivity index (χ1) is 7.27. The number of aromatic nitrogens is 2. The van der Waals surface area contributed by atoms with Crippen molar-refractivity contribution in [3.8, 4) is 0 Å². The number of aromatic amines is 1. The molecule has 3 nitrogen and oxygen atoms in total. The predicted octanol–water partition coefficient (Wildman–Crippen LogP) is 2.38. The van der Waals surface area contributed by atoms with Gasteiger partial charge in [-0.1, -0.05) is 0 Å². The van der Waals surface area contributed by atoms with Crippen molar-refractivity contribution in [2.24, 2.45) is 0 Å². The van der Waals surface area contributed by atoms with Crippen LogP contribution in [-0.2, 0) is 13.1 Å². The normalized spacial score (nSPS) is 10.8. The van der Waals surface area contributed by atoms with Gasteiger partial charge in [-0.05, 0) is 36.2 Å². The molecule has 0 fully saturated rings. The van der Waals surface area contributed by atoms with Crippen molar-refractivity contribution in [3.63, 3.8) is 0 Å². The Bertz CT molecular complexity index is 397. The third-order valence-electron chi connectivity index (χ3n) is 2.49. The Morgan fingerprint density at radius 3 is 2.87 bits per heavy atom. The minimum Gasteiger partial charge on any atom is -0.308 e. The molecule has 0 radical (unpaired) electrons. The van der Waals surface area contributed by atoms with Gasteiger partial charge in [0.1, 0.15) is 0 Å². The summed E-state index contributed by atoms with van der Waals surface area (Å²) in [7, 11) is 0. The van der Waals surface area contributed by atoms with E-state index in [-0.39, 0.29) is 0 Å². The van der Waals surface area contributed by atoms with E-state index in [1.807, 2.05) is 6.92 Å². The number of aryl methyl sites for hydroxylation is 2. The largest absolute Gasteiger partial charge is 0.308 e. The van der Waals surface area contributed by atoms with Gasteiger partial charge in [-0.15, -0.1) is 0 Å². The Hall–Kier alpha value is -1.13. The number of thiophene rings is 1. The molecule has 0 aliphatic carbocycles. The van der Waals surface area contributed by atoms with Gasteiger partial charge in [0.15, 0.2) is 0 Å². The fourth-order valence-corrected chi connectivity index (χ4v) is 2.23. The summed E-state index contributed by atoms with van der Waals surface area (Å²) < 4.78 is 0. The van der Waals surface area contributed by atoms with Crippen LogP contribution in [0, 0.1) is 13.8 Å². The summed E-state index contributed by atoms with van der Waals surface area (Å²) in [5.74, 6) is 0. The van der Waals surface area contributed by atoms with Gasteiger partial charge >= 0.3 is 0 Å². The molecule has 0 saturated heterocycles. The second-order valence-corrected chi connectivity index (χ2v) is 4.43. The maximum absolute atomic E-state index is 4.17. The molecule has 15 heavy (non-hydrogen) atoms. The molecule has 0 atom stereocenters. The highest BCUT2D eigenvalue weighted by Gasteiger charge is 2.04. The van der Waals surface area contributed by atoms with E-state index in [2.05, 4.69) is 39.3 Å². The maximum Gasteiger partial charge on any atom is 0.0638 e. The third kappa shape index (κ3) is 2.46. The van der Waals surface area contributed by atoms with E-state index in [0.29, 0.717) is 0 Å². The Morgan fingerprint density at radius 1 is 1.40 bits per heavy atom. The first-order valence-electron chi connectivity index (χ1n) is 4.99. The highest BCUT2D eigenvalue weighted by atomic mass is 32.1. The Morgan fingerprint density at radius 2 is 2.27 bits per heavy atom. The molecule has 4 heteroatoms. The lowest BCUT2D eigenvalue weighted by molar-refractivity contribution is 0.690. The predicted molar refractivity (Wildman–Crippen MR) is 62.9 cm³/mol. The number of nitrogens with one attached hydrogen (secondary N) is 2. The Kier molecular flexibility index (Phi) is 3.18. The highest BCUT2D eigenvalue weighted by Crippen LogP contribution is 2.10. The van der Waals surface area contributed by atoms with Crippen molar-refractivity contribution in [3.05, 3.63) is 39.3 Å². The van der Waals surface area contributed by atoms with E-state index in [9.17, 15) is 0 Å². The second kappa shape index (κ2) is 4.59. The molecular formula is C11H15N3S. The number of hydrogen-bond acceptors (Lipinski definition) is 3. The van der Waals surface area contributed by atoms with Crippen LogP contribution < -0.4 is 5.32 Å². The van der Waals surface area contributed by atoms with E-state index >= 15 is 0 Å². The molecule has 0 unspecified atom stereocenters. The summed E-state index contributed by atoms with van der Waals surface area (Å²) >= 11 is 1.74. The first kappa shape index (κ1) is 10.4. The molecule has 0 aliphatic heterocycles.